The number of aliphatic hydroxyl groups is 1. The molecule has 0 spiro atoms. The van der Waals surface area contributed by atoms with E-state index in [1.54, 1.807) is 13.1 Å². The summed E-state index contributed by atoms with van der Waals surface area (Å²) in [5.74, 6) is 1.25. The monoisotopic (exact) mass is 475 g/mol. The SMILES string of the molecule is CNC[C@H](O)COc1ccc(COCCCOc2ccc(C3=NNC(=O)CC3)cc2Cl)cc1. The van der Waals surface area contributed by atoms with Crippen molar-refractivity contribution in [2.75, 3.05) is 33.4 Å². The lowest BCUT2D eigenvalue weighted by Crippen LogP contribution is -2.29. The lowest BCUT2D eigenvalue weighted by atomic mass is 10.0. The fraction of sp³-hybridized carbons (Fsp3) is 0.417. The van der Waals surface area contributed by atoms with Gasteiger partial charge in [0.15, 0.2) is 0 Å². The van der Waals surface area contributed by atoms with Crippen molar-refractivity contribution >= 4 is 23.2 Å². The fourth-order valence-corrected chi connectivity index (χ4v) is 3.42. The number of carbonyl (C=O) groups is 1. The zero-order valence-electron chi connectivity index (χ0n) is 18.7. The second-order valence-corrected chi connectivity index (χ2v) is 8.07. The normalized spacial score (nSPS) is 14.4. The number of likely N-dealkylation sites (N-methyl/N-ethyl adjacent to an activating group) is 1. The number of hydrogen-bond acceptors (Lipinski definition) is 7. The Kier molecular flexibility index (Phi) is 9.96. The van der Waals surface area contributed by atoms with E-state index in [2.05, 4.69) is 15.8 Å². The van der Waals surface area contributed by atoms with Crippen molar-refractivity contribution in [1.82, 2.24) is 10.7 Å². The van der Waals surface area contributed by atoms with Gasteiger partial charge < -0.3 is 24.6 Å². The van der Waals surface area contributed by atoms with Gasteiger partial charge in [0.05, 0.1) is 30.6 Å². The molecule has 178 valence electrons. The summed E-state index contributed by atoms with van der Waals surface area (Å²) in [5.41, 5.74) is 5.22. The minimum Gasteiger partial charge on any atom is -0.492 e. The van der Waals surface area contributed by atoms with Crippen LogP contribution in [0.3, 0.4) is 0 Å². The zero-order valence-corrected chi connectivity index (χ0v) is 19.4. The lowest BCUT2D eigenvalue weighted by Gasteiger charge is -2.14. The van der Waals surface area contributed by atoms with Gasteiger partial charge in [-0.25, -0.2) is 5.43 Å². The average Bonchev–Trinajstić information content (AvgIpc) is 2.82. The number of hydrazone groups is 1. The summed E-state index contributed by atoms with van der Waals surface area (Å²) in [4.78, 5) is 11.2. The molecule has 8 nitrogen and oxygen atoms in total. The Labute approximate surface area is 198 Å². The first-order chi connectivity index (χ1) is 16.0. The number of rotatable bonds is 13. The van der Waals surface area contributed by atoms with Crippen LogP contribution >= 0.6 is 11.6 Å². The van der Waals surface area contributed by atoms with Crippen molar-refractivity contribution in [2.45, 2.75) is 32.0 Å². The number of nitrogens with zero attached hydrogens (tertiary/aromatic N) is 1. The average molecular weight is 476 g/mol. The molecule has 3 rings (SSSR count). The Bertz CT molecular complexity index is 936. The minimum atomic E-state index is -0.538. The maximum atomic E-state index is 11.2. The third kappa shape index (κ3) is 8.33. The predicted octanol–water partition coefficient (Wildman–Crippen LogP) is 2.90. The summed E-state index contributed by atoms with van der Waals surface area (Å²) in [6.07, 6.45) is 1.20. The molecule has 0 saturated heterocycles. The summed E-state index contributed by atoms with van der Waals surface area (Å²) < 4.78 is 17.0. The molecule has 0 bridgehead atoms. The molecule has 2 aromatic carbocycles. The van der Waals surface area contributed by atoms with E-state index in [4.69, 9.17) is 25.8 Å². The Morgan fingerprint density at radius 2 is 1.97 bits per heavy atom. The van der Waals surface area contributed by atoms with Crippen LogP contribution in [0.25, 0.3) is 0 Å². The second-order valence-electron chi connectivity index (χ2n) is 7.66. The Hall–Kier alpha value is -2.65. The molecule has 0 fully saturated rings. The molecule has 0 saturated carbocycles. The van der Waals surface area contributed by atoms with Crippen LogP contribution in [-0.2, 0) is 16.1 Å². The highest BCUT2D eigenvalue weighted by molar-refractivity contribution is 6.32. The Morgan fingerprint density at radius 1 is 1.15 bits per heavy atom. The topological polar surface area (TPSA) is 101 Å². The molecule has 0 radical (unpaired) electrons. The van der Waals surface area contributed by atoms with Crippen molar-refractivity contribution in [1.29, 1.82) is 0 Å². The van der Waals surface area contributed by atoms with Gasteiger partial charge in [-0.3, -0.25) is 4.79 Å². The van der Waals surface area contributed by atoms with Crippen molar-refractivity contribution < 1.29 is 24.1 Å². The number of benzene rings is 2. The van der Waals surface area contributed by atoms with E-state index in [0.29, 0.717) is 55.7 Å². The molecule has 2 aromatic rings. The molecule has 1 aliphatic heterocycles. The minimum absolute atomic E-state index is 0.0745. The van der Waals surface area contributed by atoms with E-state index in [1.807, 2.05) is 36.4 Å². The first kappa shape index (κ1) is 25.0. The standard InChI is InChI=1S/C24H30ClN3O5/c1-26-14-19(29)16-33-20-6-3-17(4-7-20)15-31-11-2-12-32-23-9-5-18(13-21(23)25)22-8-10-24(30)28-27-22/h3-7,9,13,19,26,29H,2,8,10-12,14-16H2,1H3,(H,28,30)/t19-/m0/s1. The molecule has 1 amide bonds. The van der Waals surface area contributed by atoms with Gasteiger partial charge in [0, 0.05) is 25.8 Å². The van der Waals surface area contributed by atoms with Gasteiger partial charge in [-0.05, 0) is 48.5 Å². The first-order valence-corrected chi connectivity index (χ1v) is 11.3. The van der Waals surface area contributed by atoms with E-state index < -0.39 is 6.10 Å². The second kappa shape index (κ2) is 13.2. The van der Waals surface area contributed by atoms with Crippen LogP contribution in [0.1, 0.15) is 30.4 Å². The highest BCUT2D eigenvalue weighted by Gasteiger charge is 2.14. The van der Waals surface area contributed by atoms with Gasteiger partial charge in [0.1, 0.15) is 24.2 Å². The summed E-state index contributed by atoms with van der Waals surface area (Å²) in [6, 6.07) is 13.1. The molecule has 0 aliphatic carbocycles. The van der Waals surface area contributed by atoms with E-state index in [0.717, 1.165) is 23.3 Å². The third-order valence-electron chi connectivity index (χ3n) is 4.93. The number of aliphatic hydroxyl groups excluding tert-OH is 1. The molecule has 9 heteroatoms. The Morgan fingerprint density at radius 3 is 2.67 bits per heavy atom. The van der Waals surface area contributed by atoms with Crippen LogP contribution in [0.5, 0.6) is 11.5 Å². The van der Waals surface area contributed by atoms with E-state index in [1.165, 1.54) is 0 Å². The number of hydrogen-bond donors (Lipinski definition) is 3. The summed E-state index contributed by atoms with van der Waals surface area (Å²) in [5, 5.41) is 17.2. The molecule has 0 unspecified atom stereocenters. The summed E-state index contributed by atoms with van der Waals surface area (Å²) >= 11 is 6.34. The van der Waals surface area contributed by atoms with Gasteiger partial charge in [-0.1, -0.05) is 23.7 Å². The Balaban J connectivity index is 1.32. The van der Waals surface area contributed by atoms with E-state index in [9.17, 15) is 9.90 Å². The van der Waals surface area contributed by atoms with Crippen LogP contribution in [0.4, 0.5) is 0 Å². The third-order valence-corrected chi connectivity index (χ3v) is 5.23. The molecule has 1 aliphatic rings. The molecule has 0 aromatic heterocycles. The van der Waals surface area contributed by atoms with Gasteiger partial charge in [0.2, 0.25) is 5.91 Å². The zero-order chi connectivity index (χ0) is 23.5. The van der Waals surface area contributed by atoms with Crippen molar-refractivity contribution in [3.63, 3.8) is 0 Å². The lowest BCUT2D eigenvalue weighted by molar-refractivity contribution is -0.121. The highest BCUT2D eigenvalue weighted by atomic mass is 35.5. The number of carbonyl (C=O) groups excluding carboxylic acids is 1. The molecular formula is C24H30ClN3O5. The van der Waals surface area contributed by atoms with Gasteiger partial charge in [0.25, 0.3) is 0 Å². The van der Waals surface area contributed by atoms with E-state index >= 15 is 0 Å². The van der Waals surface area contributed by atoms with Gasteiger partial charge in [-0.15, -0.1) is 0 Å². The van der Waals surface area contributed by atoms with Gasteiger partial charge in [-0.2, -0.15) is 5.10 Å². The molecular weight excluding hydrogens is 446 g/mol. The maximum absolute atomic E-state index is 11.2. The predicted molar refractivity (Wildman–Crippen MR) is 127 cm³/mol. The molecule has 3 N–H and O–H groups in total. The molecule has 1 atom stereocenters. The van der Waals surface area contributed by atoms with Crippen molar-refractivity contribution in [2.24, 2.45) is 5.10 Å². The fourth-order valence-electron chi connectivity index (χ4n) is 3.18. The molecule has 1 heterocycles. The van der Waals surface area contributed by atoms with Crippen LogP contribution in [0.15, 0.2) is 47.6 Å². The summed E-state index contributed by atoms with van der Waals surface area (Å²) in [6.45, 7) is 2.27. The number of ether oxygens (including phenoxy) is 3. The van der Waals surface area contributed by atoms with Crippen molar-refractivity contribution in [3.8, 4) is 11.5 Å². The van der Waals surface area contributed by atoms with Crippen LogP contribution < -0.4 is 20.2 Å². The van der Waals surface area contributed by atoms with Crippen molar-refractivity contribution in [3.05, 3.63) is 58.6 Å². The van der Waals surface area contributed by atoms with Crippen LogP contribution in [-0.4, -0.2) is 56.2 Å². The number of nitrogens with one attached hydrogen (secondary N) is 2. The van der Waals surface area contributed by atoms with Gasteiger partial charge >= 0.3 is 0 Å². The van der Waals surface area contributed by atoms with Crippen LogP contribution in [0.2, 0.25) is 5.02 Å². The quantitative estimate of drug-likeness (QED) is 0.385. The summed E-state index contributed by atoms with van der Waals surface area (Å²) in [7, 11) is 1.79. The van der Waals surface area contributed by atoms with Crippen LogP contribution in [0, 0.1) is 0 Å². The van der Waals surface area contributed by atoms with E-state index in [-0.39, 0.29) is 12.5 Å². The number of amides is 1. The maximum Gasteiger partial charge on any atom is 0.240 e. The number of halogens is 1. The smallest absolute Gasteiger partial charge is 0.240 e. The largest absolute Gasteiger partial charge is 0.492 e. The first-order valence-electron chi connectivity index (χ1n) is 11.0. The highest BCUT2D eigenvalue weighted by Crippen LogP contribution is 2.27. The molecule has 33 heavy (non-hydrogen) atoms.